The maximum atomic E-state index is 13.9. The molecule has 0 aliphatic carbocycles. The molecule has 60 heavy (non-hydrogen) atoms. The lowest BCUT2D eigenvalue weighted by Crippen LogP contribution is -2.59. The molecule has 3 aliphatic heterocycles. The molecule has 0 spiro atoms. The van der Waals surface area contributed by atoms with E-state index in [2.05, 4.69) is 0 Å². The van der Waals surface area contributed by atoms with Crippen LogP contribution in [0.2, 0.25) is 0 Å². The maximum absolute atomic E-state index is 13.9. The number of rotatable bonds is 10. The molecule has 15 heteroatoms. The number of carbonyl (C=O) groups is 2. The smallest absolute Gasteiger partial charge is 0.404 e. The molecule has 3 aliphatic rings. The second-order valence-corrected chi connectivity index (χ2v) is 17.3. The number of methoxy groups -OCH3 is 2. The van der Waals surface area contributed by atoms with Crippen LogP contribution in [0.25, 0.3) is 0 Å². The normalized spacial score (nSPS) is 42.7. The van der Waals surface area contributed by atoms with Gasteiger partial charge in [0.15, 0.2) is 18.2 Å². The molecule has 2 saturated heterocycles. The fraction of sp³-hybridized carbons (Fsp3) is 0.733. The van der Waals surface area contributed by atoms with E-state index in [4.69, 9.17) is 38.9 Å². The molecule has 2 fully saturated rings. The molecule has 0 radical (unpaired) electrons. The molecule has 0 unspecified atom stereocenters. The van der Waals surface area contributed by atoms with Crippen LogP contribution in [0.3, 0.4) is 0 Å². The van der Waals surface area contributed by atoms with Crippen LogP contribution in [-0.4, -0.2) is 125 Å². The van der Waals surface area contributed by atoms with Gasteiger partial charge in [-0.25, -0.2) is 9.59 Å². The van der Waals surface area contributed by atoms with E-state index < -0.39 is 103 Å². The second kappa shape index (κ2) is 22.8. The highest BCUT2D eigenvalue weighted by Crippen LogP contribution is 2.42. The molecule has 0 saturated carbocycles. The lowest BCUT2D eigenvalue weighted by Gasteiger charge is -2.49. The molecule has 0 aromatic rings. The molecule has 342 valence electrons. The quantitative estimate of drug-likeness (QED) is 0.131. The molecule has 3 heterocycles. The zero-order chi connectivity index (χ0) is 45.2. The summed E-state index contributed by atoms with van der Waals surface area (Å²) in [6.45, 7) is 18.0. The summed E-state index contributed by atoms with van der Waals surface area (Å²) >= 11 is 0. The zero-order valence-corrected chi connectivity index (χ0v) is 37.5. The number of aliphatic hydroxyl groups excluding tert-OH is 4. The van der Waals surface area contributed by atoms with Crippen molar-refractivity contribution in [1.82, 2.24) is 0 Å². The molecular weight excluding hydrogens is 778 g/mol. The number of hydrogen-bond donors (Lipinski definition) is 6. The van der Waals surface area contributed by atoms with Crippen molar-refractivity contribution in [3.8, 4) is 0 Å². The van der Waals surface area contributed by atoms with Crippen LogP contribution in [0.15, 0.2) is 59.4 Å². The summed E-state index contributed by atoms with van der Waals surface area (Å²) in [6, 6.07) is 0. The Hall–Kier alpha value is -3.12. The molecule has 18 atom stereocenters. The molecule has 15 nitrogen and oxygen atoms in total. The van der Waals surface area contributed by atoms with Gasteiger partial charge in [0.25, 0.3) is 0 Å². The lowest BCUT2D eigenvalue weighted by molar-refractivity contribution is -0.338. The summed E-state index contributed by atoms with van der Waals surface area (Å²) in [7, 11) is 2.80. The first-order valence-electron chi connectivity index (χ1n) is 21.1. The van der Waals surface area contributed by atoms with Gasteiger partial charge in [-0.2, -0.15) is 0 Å². The summed E-state index contributed by atoms with van der Waals surface area (Å²) < 4.78 is 41.3. The summed E-state index contributed by atoms with van der Waals surface area (Å²) in [5.41, 5.74) is 6.76. The molecule has 3 rings (SSSR count). The second-order valence-electron chi connectivity index (χ2n) is 17.3. The van der Waals surface area contributed by atoms with Crippen LogP contribution in [0, 0.1) is 35.5 Å². The zero-order valence-electron chi connectivity index (χ0n) is 37.5. The van der Waals surface area contributed by atoms with Gasteiger partial charge in [-0.15, -0.1) is 0 Å². The predicted octanol–water partition coefficient (Wildman–Crippen LogP) is 4.59. The van der Waals surface area contributed by atoms with Gasteiger partial charge in [0.1, 0.15) is 12.2 Å². The highest BCUT2D eigenvalue weighted by Gasteiger charge is 2.52. The van der Waals surface area contributed by atoms with Crippen LogP contribution in [0.5, 0.6) is 0 Å². The first-order valence-corrected chi connectivity index (χ1v) is 21.1. The Morgan fingerprint density at radius 2 is 1.72 bits per heavy atom. The number of esters is 1. The van der Waals surface area contributed by atoms with Crippen molar-refractivity contribution in [3.05, 3.63) is 59.4 Å². The summed E-state index contributed by atoms with van der Waals surface area (Å²) in [4.78, 5) is 25.3. The Bertz CT molecular complexity index is 1550. The van der Waals surface area contributed by atoms with E-state index in [9.17, 15) is 35.1 Å². The topological polar surface area (TPSA) is 226 Å². The largest absolute Gasteiger partial charge is 0.490 e. The monoisotopic (exact) mass is 852 g/mol. The predicted molar refractivity (Wildman–Crippen MR) is 224 cm³/mol. The van der Waals surface area contributed by atoms with E-state index in [-0.39, 0.29) is 36.4 Å². The van der Waals surface area contributed by atoms with Gasteiger partial charge < -0.3 is 64.4 Å². The minimum atomic E-state index is -1.97. The number of nitrogens with two attached hydrogens (primary N) is 1. The fourth-order valence-electron chi connectivity index (χ4n) is 8.64. The molecular formula is C45H73NO14. The number of aliphatic hydroxyl groups is 5. The first kappa shape index (κ1) is 51.2. The van der Waals surface area contributed by atoms with Crippen molar-refractivity contribution in [2.24, 2.45) is 41.2 Å². The highest BCUT2D eigenvalue weighted by atomic mass is 16.7. The Morgan fingerprint density at radius 1 is 1.05 bits per heavy atom. The van der Waals surface area contributed by atoms with Crippen LogP contribution in [-0.2, 0) is 38.0 Å². The van der Waals surface area contributed by atoms with Crippen LogP contribution >= 0.6 is 0 Å². The standard InChI is InChI=1S/C45H73NO14/c1-13-15-33-27(6)36(57-37-21-32(47)42(31(10)56-37)59-44(46)52)22-45(53,60-33)30(9)40(50)29(8)41-34(54-11)17-14-16-23(2)18-25(4)38(48)28(7)39(49)26(5)19-24(3)20-35(55-12)43(51)58-41/h13-17,19-20,25-34,36-42,47-50,53H,18,21-22H2,1-12H3,(H2,46,52)/b15-13+,17-14+,23-16-,24-19+,35-20+/t25-,26-,27-,28-,29+,30+,31-,32-,33-,34+,36-,37+,38+,39-,40-,41-,42-,45-/m1/s1. The van der Waals surface area contributed by atoms with Crippen LogP contribution in [0.4, 0.5) is 4.79 Å². The van der Waals surface area contributed by atoms with Gasteiger partial charge in [-0.3, -0.25) is 0 Å². The number of allylic oxidation sites excluding steroid dienone is 6. The van der Waals surface area contributed by atoms with E-state index >= 15 is 0 Å². The van der Waals surface area contributed by atoms with Gasteiger partial charge in [-0.05, 0) is 46.1 Å². The SMILES string of the molecule is C/C=C/[C@H]1O[C@@](O)([C@@H](C)[C@H](O)[C@H](C)[C@H]2OC(=O)/C(OC)=C\C(C)=C\[C@@H](C)[C@@H](O)[C@H](C)[C@@H](O)[C@H](C)C/C(C)=C\C=C\[C@@H]2OC)C[C@@H](O[C@H]2C[C@@H](O)[C@H](OC(N)=O)[C@@H](C)O2)[C@@H]1C. The number of ether oxygens (including phenoxy) is 7. The van der Waals surface area contributed by atoms with E-state index in [1.54, 1.807) is 58.1 Å². The number of carbonyl (C=O) groups excluding carboxylic acids is 2. The number of hydrogen-bond acceptors (Lipinski definition) is 14. The third kappa shape index (κ3) is 13.2. The van der Waals surface area contributed by atoms with Crippen molar-refractivity contribution in [2.75, 3.05) is 14.2 Å². The van der Waals surface area contributed by atoms with Crippen molar-refractivity contribution in [2.45, 2.75) is 162 Å². The van der Waals surface area contributed by atoms with Gasteiger partial charge in [0.2, 0.25) is 5.76 Å². The third-order valence-electron chi connectivity index (χ3n) is 12.5. The number of primary amides is 1. The third-order valence-corrected chi connectivity index (χ3v) is 12.5. The summed E-state index contributed by atoms with van der Waals surface area (Å²) in [5.74, 6) is -6.06. The van der Waals surface area contributed by atoms with Gasteiger partial charge in [0.05, 0.1) is 49.8 Å². The van der Waals surface area contributed by atoms with Crippen molar-refractivity contribution in [3.63, 3.8) is 0 Å². The van der Waals surface area contributed by atoms with E-state index in [1.165, 1.54) is 20.3 Å². The highest BCUT2D eigenvalue weighted by molar-refractivity contribution is 5.87. The molecule has 7 N–H and O–H groups in total. The fourth-order valence-corrected chi connectivity index (χ4v) is 8.64. The van der Waals surface area contributed by atoms with Gasteiger partial charge in [-0.1, -0.05) is 89.1 Å². The number of cyclic esters (lactones) is 1. The lowest BCUT2D eigenvalue weighted by atomic mass is 9.77. The Labute approximate surface area is 356 Å². The first-order chi connectivity index (χ1) is 28.1. The summed E-state index contributed by atoms with van der Waals surface area (Å²) in [6.07, 6.45) is 1.54. The molecule has 0 aromatic heterocycles. The van der Waals surface area contributed by atoms with E-state index in [1.807, 2.05) is 47.6 Å². The Kier molecular flexibility index (Phi) is 19.5. The Balaban J connectivity index is 1.99. The summed E-state index contributed by atoms with van der Waals surface area (Å²) in [5, 5.41) is 57.6. The van der Waals surface area contributed by atoms with Gasteiger partial charge in [0, 0.05) is 49.5 Å². The van der Waals surface area contributed by atoms with Crippen molar-refractivity contribution in [1.29, 1.82) is 0 Å². The van der Waals surface area contributed by atoms with Crippen LogP contribution in [0.1, 0.15) is 88.5 Å². The van der Waals surface area contributed by atoms with Crippen LogP contribution < -0.4 is 5.73 Å². The average Bonchev–Trinajstić information content (AvgIpc) is 3.18. The average molecular weight is 852 g/mol. The van der Waals surface area contributed by atoms with Crippen molar-refractivity contribution < 1.29 is 68.3 Å². The maximum Gasteiger partial charge on any atom is 0.404 e. The Morgan fingerprint density at radius 3 is 2.30 bits per heavy atom. The van der Waals surface area contributed by atoms with Crippen molar-refractivity contribution >= 4 is 12.1 Å². The minimum absolute atomic E-state index is 0.0314. The van der Waals surface area contributed by atoms with E-state index in [0.717, 1.165) is 5.57 Å². The minimum Gasteiger partial charge on any atom is -0.490 e. The number of amides is 1. The molecule has 1 amide bonds. The molecule has 0 aromatic carbocycles. The molecule has 0 bridgehead atoms. The van der Waals surface area contributed by atoms with E-state index in [0.29, 0.717) is 12.0 Å². The van der Waals surface area contributed by atoms with Gasteiger partial charge >= 0.3 is 12.1 Å².